The number of carbonyl (C=O) groups excluding carboxylic acids is 1. The second-order valence-corrected chi connectivity index (χ2v) is 11.0. The Bertz CT molecular complexity index is 926. The Morgan fingerprint density at radius 1 is 1.31 bits per heavy atom. The Balaban J connectivity index is 1.74. The van der Waals surface area contributed by atoms with Crippen molar-refractivity contribution in [2.24, 2.45) is 0 Å². The highest BCUT2D eigenvalue weighted by Gasteiger charge is 2.42. The summed E-state index contributed by atoms with van der Waals surface area (Å²) in [6.07, 6.45) is 5.42. The molecule has 2 fully saturated rings. The summed E-state index contributed by atoms with van der Waals surface area (Å²) >= 11 is 6.55. The first-order chi connectivity index (χ1) is 13.8. The van der Waals surface area contributed by atoms with E-state index in [0.29, 0.717) is 33.8 Å². The maximum Gasteiger partial charge on any atom is 0.266 e. The third kappa shape index (κ3) is 5.32. The van der Waals surface area contributed by atoms with Crippen molar-refractivity contribution in [3.8, 4) is 11.5 Å². The van der Waals surface area contributed by atoms with E-state index in [0.717, 1.165) is 24.8 Å². The fraction of sp³-hybridized carbons (Fsp3) is 0.500. The first kappa shape index (κ1) is 22.1. The molecule has 6 nitrogen and oxygen atoms in total. The quantitative estimate of drug-likeness (QED) is 0.336. The van der Waals surface area contributed by atoms with Crippen molar-refractivity contribution in [3.63, 3.8) is 0 Å². The molecule has 1 atom stereocenters. The van der Waals surface area contributed by atoms with Gasteiger partial charge in [0.2, 0.25) is 0 Å². The molecule has 2 saturated heterocycles. The van der Waals surface area contributed by atoms with E-state index in [1.807, 2.05) is 18.2 Å². The lowest BCUT2D eigenvalue weighted by Gasteiger charge is -2.20. The third-order valence-electron chi connectivity index (χ3n) is 4.89. The van der Waals surface area contributed by atoms with E-state index in [4.69, 9.17) is 21.7 Å². The van der Waals surface area contributed by atoms with Gasteiger partial charge in [-0.15, -0.1) is 0 Å². The molecule has 0 aliphatic carbocycles. The van der Waals surface area contributed by atoms with Crippen molar-refractivity contribution in [2.45, 2.75) is 38.6 Å². The number of carbonyl (C=O) groups is 1. The van der Waals surface area contributed by atoms with Crippen LogP contribution < -0.4 is 9.47 Å². The van der Waals surface area contributed by atoms with Crippen molar-refractivity contribution in [2.75, 3.05) is 25.2 Å². The molecule has 0 aromatic heterocycles. The largest absolute Gasteiger partial charge is 0.493 e. The van der Waals surface area contributed by atoms with Gasteiger partial charge in [-0.1, -0.05) is 49.8 Å². The van der Waals surface area contributed by atoms with Crippen LogP contribution in [0, 0.1) is 0 Å². The molecular weight excluding hydrogens is 430 g/mol. The molecule has 0 N–H and O–H groups in total. The van der Waals surface area contributed by atoms with E-state index >= 15 is 0 Å². The SMILES string of the molecule is CCCCCOc1ccc(/C=C2\SC(=S)N([C@@H]3CCS(=O)(=O)C3)C2=O)cc1OC. The van der Waals surface area contributed by atoms with Gasteiger partial charge < -0.3 is 9.47 Å². The average Bonchev–Trinajstić information content (AvgIpc) is 3.17. The highest BCUT2D eigenvalue weighted by Crippen LogP contribution is 2.37. The van der Waals surface area contributed by atoms with Crippen molar-refractivity contribution in [1.29, 1.82) is 0 Å². The fourth-order valence-corrected chi connectivity index (χ4v) is 6.45. The minimum Gasteiger partial charge on any atom is -0.493 e. The van der Waals surface area contributed by atoms with Crippen LogP contribution in [-0.2, 0) is 14.6 Å². The standard InChI is InChI=1S/C20H25NO5S3/c1-3-4-5-9-26-16-7-6-14(11-17(16)25-2)12-18-19(22)21(20(27)28-18)15-8-10-29(23,24)13-15/h6-7,11-12,15H,3-5,8-10,13H2,1-2H3/b18-12-/t15-/m1/s1. The summed E-state index contributed by atoms with van der Waals surface area (Å²) < 4.78 is 35.2. The monoisotopic (exact) mass is 455 g/mol. The number of sulfone groups is 1. The number of amides is 1. The van der Waals surface area contributed by atoms with E-state index in [1.165, 1.54) is 16.7 Å². The van der Waals surface area contributed by atoms with Gasteiger partial charge in [0.05, 0.1) is 36.2 Å². The Hall–Kier alpha value is -1.58. The van der Waals surface area contributed by atoms with Gasteiger partial charge in [-0.2, -0.15) is 0 Å². The summed E-state index contributed by atoms with van der Waals surface area (Å²) in [5.41, 5.74) is 0.794. The van der Waals surface area contributed by atoms with Gasteiger partial charge in [-0.3, -0.25) is 9.69 Å². The second kappa shape index (κ2) is 9.49. The number of methoxy groups -OCH3 is 1. The lowest BCUT2D eigenvalue weighted by molar-refractivity contribution is -0.123. The highest BCUT2D eigenvalue weighted by atomic mass is 32.2. The van der Waals surface area contributed by atoms with Crippen molar-refractivity contribution in [3.05, 3.63) is 28.7 Å². The predicted octanol–water partition coefficient (Wildman–Crippen LogP) is 3.65. The van der Waals surface area contributed by atoms with Gasteiger partial charge in [0.25, 0.3) is 5.91 Å². The first-order valence-electron chi connectivity index (χ1n) is 9.63. The molecule has 1 aromatic carbocycles. The number of hydrogen-bond acceptors (Lipinski definition) is 7. The second-order valence-electron chi connectivity index (χ2n) is 7.07. The Morgan fingerprint density at radius 2 is 2.10 bits per heavy atom. The number of thioether (sulfide) groups is 1. The molecule has 0 bridgehead atoms. The molecule has 0 spiro atoms. The molecule has 2 aliphatic rings. The van der Waals surface area contributed by atoms with E-state index in [2.05, 4.69) is 6.92 Å². The number of benzene rings is 1. The van der Waals surface area contributed by atoms with Crippen LogP contribution >= 0.6 is 24.0 Å². The molecule has 3 rings (SSSR count). The van der Waals surface area contributed by atoms with E-state index in [9.17, 15) is 13.2 Å². The van der Waals surface area contributed by atoms with E-state index < -0.39 is 9.84 Å². The summed E-state index contributed by atoms with van der Waals surface area (Å²) in [7, 11) is -1.51. The molecule has 158 valence electrons. The predicted molar refractivity (Wildman–Crippen MR) is 120 cm³/mol. The maximum absolute atomic E-state index is 12.8. The molecule has 2 aliphatic heterocycles. The molecule has 0 radical (unpaired) electrons. The number of unbranched alkanes of at least 4 members (excludes halogenated alkanes) is 2. The van der Waals surface area contributed by atoms with Crippen LogP contribution in [0.3, 0.4) is 0 Å². The number of ether oxygens (including phenoxy) is 2. The van der Waals surface area contributed by atoms with Crippen LogP contribution in [0.1, 0.15) is 38.2 Å². The van der Waals surface area contributed by atoms with Crippen LogP contribution in [0.25, 0.3) is 6.08 Å². The van der Waals surface area contributed by atoms with Gasteiger partial charge in [0.1, 0.15) is 4.32 Å². The summed E-state index contributed by atoms with van der Waals surface area (Å²) in [6, 6.07) is 5.15. The zero-order chi connectivity index (χ0) is 21.0. The number of nitrogens with zero attached hydrogens (tertiary/aromatic N) is 1. The van der Waals surface area contributed by atoms with Gasteiger partial charge in [0.15, 0.2) is 21.3 Å². The van der Waals surface area contributed by atoms with Gasteiger partial charge in [-0.05, 0) is 36.6 Å². The van der Waals surface area contributed by atoms with Crippen molar-refractivity contribution in [1.82, 2.24) is 4.90 Å². The van der Waals surface area contributed by atoms with Crippen molar-refractivity contribution < 1.29 is 22.7 Å². The first-order valence-corrected chi connectivity index (χ1v) is 12.7. The van der Waals surface area contributed by atoms with Gasteiger partial charge in [0, 0.05) is 0 Å². The van der Waals surface area contributed by atoms with Crippen LogP contribution in [-0.4, -0.2) is 54.8 Å². The third-order valence-corrected chi connectivity index (χ3v) is 7.97. The average molecular weight is 456 g/mol. The topological polar surface area (TPSA) is 72.9 Å². The molecule has 29 heavy (non-hydrogen) atoms. The lowest BCUT2D eigenvalue weighted by atomic mass is 10.1. The normalized spacial score (nSPS) is 22.5. The fourth-order valence-electron chi connectivity index (χ4n) is 3.35. The minimum atomic E-state index is -3.09. The maximum atomic E-state index is 12.8. The van der Waals surface area contributed by atoms with E-state index in [1.54, 1.807) is 13.2 Å². The molecule has 1 aromatic rings. The van der Waals surface area contributed by atoms with Crippen LogP contribution in [0.15, 0.2) is 23.1 Å². The summed E-state index contributed by atoms with van der Waals surface area (Å²) in [4.78, 5) is 14.8. The molecule has 9 heteroatoms. The Morgan fingerprint density at radius 3 is 2.76 bits per heavy atom. The number of thiocarbonyl (C=S) groups is 1. The smallest absolute Gasteiger partial charge is 0.266 e. The number of hydrogen-bond donors (Lipinski definition) is 0. The van der Waals surface area contributed by atoms with Gasteiger partial charge >= 0.3 is 0 Å². The van der Waals surface area contributed by atoms with E-state index in [-0.39, 0.29) is 23.5 Å². The van der Waals surface area contributed by atoms with Crippen LogP contribution in [0.2, 0.25) is 0 Å². The Labute approximate surface area is 181 Å². The lowest BCUT2D eigenvalue weighted by Crippen LogP contribution is -2.39. The zero-order valence-corrected chi connectivity index (χ0v) is 19.0. The zero-order valence-electron chi connectivity index (χ0n) is 16.5. The van der Waals surface area contributed by atoms with Crippen LogP contribution in [0.4, 0.5) is 0 Å². The molecule has 2 heterocycles. The molecule has 0 saturated carbocycles. The summed E-state index contributed by atoms with van der Waals surface area (Å²) in [5.74, 6) is 1.12. The molecule has 0 unspecified atom stereocenters. The highest BCUT2D eigenvalue weighted by molar-refractivity contribution is 8.26. The summed E-state index contributed by atoms with van der Waals surface area (Å²) in [5, 5.41) is 0. The Kier molecular flexibility index (Phi) is 7.23. The number of rotatable bonds is 8. The summed E-state index contributed by atoms with van der Waals surface area (Å²) in [6.45, 7) is 2.77. The van der Waals surface area contributed by atoms with Crippen molar-refractivity contribution >= 4 is 50.1 Å². The molecular formula is C20H25NO5S3. The molecule has 1 amide bonds. The van der Waals surface area contributed by atoms with Gasteiger partial charge in [-0.25, -0.2) is 8.42 Å². The minimum absolute atomic E-state index is 0.0232. The van der Waals surface area contributed by atoms with Crippen LogP contribution in [0.5, 0.6) is 11.5 Å².